The SMILES string of the molecule is COCc1nc(-c2ccoc2Br)oc1C(=O)OC. The summed E-state index contributed by atoms with van der Waals surface area (Å²) in [5, 5.41) is 0. The van der Waals surface area contributed by atoms with Gasteiger partial charge in [-0.05, 0) is 22.0 Å². The van der Waals surface area contributed by atoms with E-state index >= 15 is 0 Å². The summed E-state index contributed by atoms with van der Waals surface area (Å²) in [5.74, 6) is -0.300. The smallest absolute Gasteiger partial charge is 0.376 e. The van der Waals surface area contributed by atoms with Crippen molar-refractivity contribution in [2.24, 2.45) is 0 Å². The molecule has 18 heavy (non-hydrogen) atoms. The highest BCUT2D eigenvalue weighted by molar-refractivity contribution is 9.10. The van der Waals surface area contributed by atoms with E-state index in [1.807, 2.05) is 0 Å². The average molecular weight is 316 g/mol. The summed E-state index contributed by atoms with van der Waals surface area (Å²) in [6.45, 7) is 0.156. The molecule has 2 rings (SSSR count). The van der Waals surface area contributed by atoms with Gasteiger partial charge in [0.05, 0.1) is 25.5 Å². The maximum Gasteiger partial charge on any atom is 0.376 e. The van der Waals surface area contributed by atoms with Crippen LogP contribution < -0.4 is 0 Å². The number of rotatable bonds is 4. The zero-order chi connectivity index (χ0) is 13.1. The van der Waals surface area contributed by atoms with E-state index in [0.717, 1.165) is 0 Å². The molecule has 2 heterocycles. The number of hydrogen-bond acceptors (Lipinski definition) is 6. The number of nitrogens with zero attached hydrogens (tertiary/aromatic N) is 1. The first-order chi connectivity index (χ1) is 8.67. The Hall–Kier alpha value is -1.60. The Morgan fingerprint density at radius 2 is 2.28 bits per heavy atom. The summed E-state index contributed by atoms with van der Waals surface area (Å²) in [6, 6.07) is 1.67. The molecule has 0 N–H and O–H groups in total. The number of hydrogen-bond donors (Lipinski definition) is 0. The third-order valence-electron chi connectivity index (χ3n) is 2.20. The van der Waals surface area contributed by atoms with E-state index in [1.165, 1.54) is 20.5 Å². The highest BCUT2D eigenvalue weighted by Gasteiger charge is 2.23. The molecule has 0 spiro atoms. The summed E-state index contributed by atoms with van der Waals surface area (Å²) in [6.07, 6.45) is 1.48. The van der Waals surface area contributed by atoms with Crippen LogP contribution in [0.5, 0.6) is 0 Å². The van der Waals surface area contributed by atoms with Crippen LogP contribution in [0.2, 0.25) is 0 Å². The van der Waals surface area contributed by atoms with Gasteiger partial charge in [0.2, 0.25) is 11.7 Å². The molecule has 6 nitrogen and oxygen atoms in total. The second-order valence-corrected chi connectivity index (χ2v) is 4.05. The quantitative estimate of drug-likeness (QED) is 0.807. The molecule has 2 aromatic heterocycles. The number of aromatic nitrogens is 1. The normalized spacial score (nSPS) is 10.6. The molecule has 0 saturated heterocycles. The van der Waals surface area contributed by atoms with Crippen LogP contribution >= 0.6 is 15.9 Å². The molecule has 0 unspecified atom stereocenters. The van der Waals surface area contributed by atoms with Crippen molar-refractivity contribution < 1.29 is 23.1 Å². The molecule has 0 aliphatic carbocycles. The average Bonchev–Trinajstić information content (AvgIpc) is 2.95. The maximum atomic E-state index is 11.5. The molecule has 0 aliphatic rings. The van der Waals surface area contributed by atoms with Gasteiger partial charge in [-0.3, -0.25) is 0 Å². The monoisotopic (exact) mass is 315 g/mol. The zero-order valence-electron chi connectivity index (χ0n) is 9.73. The van der Waals surface area contributed by atoms with Crippen molar-refractivity contribution in [1.82, 2.24) is 4.98 Å². The van der Waals surface area contributed by atoms with Crippen molar-refractivity contribution in [2.75, 3.05) is 14.2 Å². The summed E-state index contributed by atoms with van der Waals surface area (Å²) in [7, 11) is 2.78. The number of carbonyl (C=O) groups is 1. The fourth-order valence-electron chi connectivity index (χ4n) is 1.40. The van der Waals surface area contributed by atoms with Crippen molar-refractivity contribution >= 4 is 21.9 Å². The predicted octanol–water partition coefficient (Wildman–Crippen LogP) is 2.63. The van der Waals surface area contributed by atoms with Gasteiger partial charge in [0.1, 0.15) is 5.69 Å². The second-order valence-electron chi connectivity index (χ2n) is 3.33. The fraction of sp³-hybridized carbons (Fsp3) is 0.273. The minimum absolute atomic E-state index is 0.0300. The van der Waals surface area contributed by atoms with Gasteiger partial charge in [0.25, 0.3) is 0 Å². The lowest BCUT2D eigenvalue weighted by Crippen LogP contribution is -2.04. The summed E-state index contributed by atoms with van der Waals surface area (Å²) in [4.78, 5) is 15.7. The lowest BCUT2D eigenvalue weighted by atomic mass is 10.3. The minimum Gasteiger partial charge on any atom is -0.463 e. The van der Waals surface area contributed by atoms with E-state index in [2.05, 4.69) is 25.7 Å². The highest BCUT2D eigenvalue weighted by atomic mass is 79.9. The number of methoxy groups -OCH3 is 2. The molecule has 0 amide bonds. The molecule has 96 valence electrons. The predicted molar refractivity (Wildman–Crippen MR) is 64.0 cm³/mol. The van der Waals surface area contributed by atoms with Crippen molar-refractivity contribution in [2.45, 2.75) is 6.61 Å². The van der Waals surface area contributed by atoms with E-state index in [0.29, 0.717) is 15.9 Å². The van der Waals surface area contributed by atoms with Crippen LogP contribution in [0.3, 0.4) is 0 Å². The highest BCUT2D eigenvalue weighted by Crippen LogP contribution is 2.30. The van der Waals surface area contributed by atoms with Crippen LogP contribution in [0.25, 0.3) is 11.5 Å². The van der Waals surface area contributed by atoms with Crippen molar-refractivity contribution in [3.8, 4) is 11.5 Å². The van der Waals surface area contributed by atoms with Crippen molar-refractivity contribution in [3.05, 3.63) is 28.5 Å². The fourth-order valence-corrected chi connectivity index (χ4v) is 1.81. The van der Waals surface area contributed by atoms with Crippen LogP contribution in [0.1, 0.15) is 16.2 Å². The Bertz CT molecular complexity index is 560. The number of furan rings is 1. The Balaban J connectivity index is 2.45. The molecule has 0 bridgehead atoms. The number of esters is 1. The van der Waals surface area contributed by atoms with Crippen LogP contribution in [0.15, 0.2) is 25.8 Å². The van der Waals surface area contributed by atoms with E-state index in [4.69, 9.17) is 13.6 Å². The topological polar surface area (TPSA) is 74.7 Å². The summed E-state index contributed by atoms with van der Waals surface area (Å²) >= 11 is 3.22. The third kappa shape index (κ3) is 2.32. The lowest BCUT2D eigenvalue weighted by Gasteiger charge is -1.96. The van der Waals surface area contributed by atoms with Crippen molar-refractivity contribution in [1.29, 1.82) is 0 Å². The maximum absolute atomic E-state index is 11.5. The summed E-state index contributed by atoms with van der Waals surface area (Å²) in [5.41, 5.74) is 0.995. The molecule has 0 fully saturated rings. The van der Waals surface area contributed by atoms with Crippen LogP contribution in [0, 0.1) is 0 Å². The van der Waals surface area contributed by atoms with E-state index in [1.54, 1.807) is 6.07 Å². The first-order valence-corrected chi connectivity index (χ1v) is 5.77. The third-order valence-corrected chi connectivity index (χ3v) is 2.81. The van der Waals surface area contributed by atoms with Gasteiger partial charge in [-0.25, -0.2) is 9.78 Å². The largest absolute Gasteiger partial charge is 0.463 e. The molecule has 0 aliphatic heterocycles. The van der Waals surface area contributed by atoms with Gasteiger partial charge in [0.15, 0.2) is 4.67 Å². The first-order valence-electron chi connectivity index (χ1n) is 4.97. The Kier molecular flexibility index (Phi) is 3.83. The Labute approximate surface area is 111 Å². The number of halogens is 1. The standard InChI is InChI=1S/C11H10BrNO5/c1-15-5-7-8(11(14)16-2)18-10(13-7)6-3-4-17-9(6)12/h3-4H,5H2,1-2H3. The van der Waals surface area contributed by atoms with Gasteiger partial charge in [0, 0.05) is 7.11 Å². The Morgan fingerprint density at radius 1 is 1.50 bits per heavy atom. The van der Waals surface area contributed by atoms with E-state index in [-0.39, 0.29) is 18.3 Å². The van der Waals surface area contributed by atoms with Crippen LogP contribution in [-0.4, -0.2) is 25.2 Å². The Morgan fingerprint density at radius 3 is 2.83 bits per heavy atom. The molecule has 0 aromatic carbocycles. The molecule has 0 radical (unpaired) electrons. The van der Waals surface area contributed by atoms with Gasteiger partial charge in [-0.1, -0.05) is 0 Å². The first kappa shape index (κ1) is 12.8. The van der Waals surface area contributed by atoms with E-state index < -0.39 is 5.97 Å². The van der Waals surface area contributed by atoms with Gasteiger partial charge in [-0.15, -0.1) is 0 Å². The molecule has 0 saturated carbocycles. The van der Waals surface area contributed by atoms with Gasteiger partial charge >= 0.3 is 5.97 Å². The lowest BCUT2D eigenvalue weighted by molar-refractivity contribution is 0.0559. The van der Waals surface area contributed by atoms with Crippen LogP contribution in [0.4, 0.5) is 0 Å². The van der Waals surface area contributed by atoms with Crippen molar-refractivity contribution in [3.63, 3.8) is 0 Å². The van der Waals surface area contributed by atoms with Gasteiger partial charge < -0.3 is 18.3 Å². The van der Waals surface area contributed by atoms with E-state index in [9.17, 15) is 4.79 Å². The number of carbonyl (C=O) groups excluding carboxylic acids is 1. The zero-order valence-corrected chi connectivity index (χ0v) is 11.3. The molecular formula is C11H10BrNO5. The van der Waals surface area contributed by atoms with Gasteiger partial charge in [-0.2, -0.15) is 0 Å². The summed E-state index contributed by atoms with van der Waals surface area (Å²) < 4.78 is 20.5. The van der Waals surface area contributed by atoms with Crippen LogP contribution in [-0.2, 0) is 16.1 Å². The molecule has 0 atom stereocenters. The number of ether oxygens (including phenoxy) is 2. The number of oxazole rings is 1. The second kappa shape index (κ2) is 5.36. The minimum atomic E-state index is -0.597. The molecule has 7 heteroatoms. The molecule has 2 aromatic rings. The molecular weight excluding hydrogens is 306 g/mol.